The molecule has 4 rings (SSSR count). The summed E-state index contributed by atoms with van der Waals surface area (Å²) in [4.78, 5) is 3.18. The van der Waals surface area contributed by atoms with Crippen molar-refractivity contribution in [1.29, 1.82) is 0 Å². The van der Waals surface area contributed by atoms with Gasteiger partial charge < -0.3 is 4.98 Å². The number of benzene rings is 1. The van der Waals surface area contributed by atoms with Crippen molar-refractivity contribution in [3.8, 4) is 11.1 Å². The fourth-order valence-electron chi connectivity index (χ4n) is 2.63. The van der Waals surface area contributed by atoms with Crippen LogP contribution in [0.25, 0.3) is 27.5 Å². The molecule has 0 radical (unpaired) electrons. The van der Waals surface area contributed by atoms with Crippen LogP contribution in [0.3, 0.4) is 0 Å². The van der Waals surface area contributed by atoms with E-state index in [9.17, 15) is 4.39 Å². The van der Waals surface area contributed by atoms with Gasteiger partial charge in [0, 0.05) is 27.7 Å². The van der Waals surface area contributed by atoms with Crippen LogP contribution in [0, 0.1) is 5.95 Å². The van der Waals surface area contributed by atoms with Crippen LogP contribution in [0.4, 0.5) is 4.39 Å². The molecule has 0 unspecified atom stereocenters. The fraction of sp³-hybridized carbons (Fsp3) is 0. The quantitative estimate of drug-likeness (QED) is 0.472. The van der Waals surface area contributed by atoms with Crippen LogP contribution in [0.15, 0.2) is 47.2 Å². The molecule has 104 valence electrons. The van der Waals surface area contributed by atoms with Crippen LogP contribution in [0.5, 0.6) is 0 Å². The highest BCUT2D eigenvalue weighted by Crippen LogP contribution is 2.38. The van der Waals surface area contributed by atoms with E-state index in [0.717, 1.165) is 26.5 Å². The number of nitrogens with zero attached hydrogens (tertiary/aromatic N) is 2. The topological polar surface area (TPSA) is 33.1 Å². The van der Waals surface area contributed by atoms with E-state index in [1.54, 1.807) is 12.3 Å². The first-order chi connectivity index (χ1) is 10.2. The Labute approximate surface area is 132 Å². The van der Waals surface area contributed by atoms with Crippen molar-refractivity contribution in [3.05, 3.63) is 58.2 Å². The number of fused-ring (bicyclic) bond motifs is 2. The zero-order valence-electron chi connectivity index (χ0n) is 10.6. The molecule has 4 aromatic rings. The van der Waals surface area contributed by atoms with Crippen LogP contribution in [-0.4, -0.2) is 14.6 Å². The largest absolute Gasteiger partial charge is 0.360 e. The lowest BCUT2D eigenvalue weighted by Crippen LogP contribution is -1.97. The van der Waals surface area contributed by atoms with Gasteiger partial charge in [0.2, 0.25) is 5.95 Å². The molecular weight excluding hydrogens is 357 g/mol. The van der Waals surface area contributed by atoms with Gasteiger partial charge in [0.1, 0.15) is 0 Å². The molecule has 0 bridgehead atoms. The maximum absolute atomic E-state index is 13.9. The lowest BCUT2D eigenvalue weighted by Gasteiger charge is -2.10. The van der Waals surface area contributed by atoms with E-state index in [2.05, 4.69) is 26.0 Å². The summed E-state index contributed by atoms with van der Waals surface area (Å²) < 4.78 is 16.1. The molecule has 3 nitrogen and oxygen atoms in total. The predicted octanol–water partition coefficient (Wildman–Crippen LogP) is 5.04. The third-order valence-electron chi connectivity index (χ3n) is 3.53. The molecule has 0 saturated carbocycles. The van der Waals surface area contributed by atoms with E-state index < -0.39 is 5.95 Å². The van der Waals surface area contributed by atoms with Gasteiger partial charge in [-0.25, -0.2) is 4.52 Å². The summed E-state index contributed by atoms with van der Waals surface area (Å²) in [5.74, 6) is -0.480. The van der Waals surface area contributed by atoms with Gasteiger partial charge in [0.25, 0.3) is 0 Å². The van der Waals surface area contributed by atoms with Crippen molar-refractivity contribution in [3.63, 3.8) is 0 Å². The van der Waals surface area contributed by atoms with Crippen molar-refractivity contribution < 1.29 is 4.39 Å². The Kier molecular flexibility index (Phi) is 2.80. The van der Waals surface area contributed by atoms with Gasteiger partial charge in [0.15, 0.2) is 0 Å². The number of nitrogens with one attached hydrogen (secondary N) is 1. The maximum Gasteiger partial charge on any atom is 0.216 e. The Morgan fingerprint density at radius 2 is 2.10 bits per heavy atom. The Bertz CT molecular complexity index is 989. The number of aromatic amines is 1. The molecular formula is C15H8BrClFN3. The molecule has 0 aliphatic rings. The average Bonchev–Trinajstić information content (AvgIpc) is 3.09. The Hall–Kier alpha value is -1.85. The SMILES string of the molecule is Fc1cc(Cl)c(-c2ccc(Br)c3[nH]ccc23)c2ccnn12. The summed E-state index contributed by atoms with van der Waals surface area (Å²) in [7, 11) is 0. The summed E-state index contributed by atoms with van der Waals surface area (Å²) in [5.41, 5.74) is 3.33. The van der Waals surface area contributed by atoms with Gasteiger partial charge in [-0.2, -0.15) is 9.49 Å². The van der Waals surface area contributed by atoms with E-state index >= 15 is 0 Å². The first-order valence-corrected chi connectivity index (χ1v) is 7.41. The van der Waals surface area contributed by atoms with Crippen molar-refractivity contribution in [2.24, 2.45) is 0 Å². The number of aromatic nitrogens is 3. The summed E-state index contributed by atoms with van der Waals surface area (Å²) in [6.07, 6.45) is 3.43. The molecule has 0 fully saturated rings. The number of pyridine rings is 1. The van der Waals surface area contributed by atoms with Crippen molar-refractivity contribution >= 4 is 44.0 Å². The van der Waals surface area contributed by atoms with Crippen LogP contribution in [-0.2, 0) is 0 Å². The second-order valence-corrected chi connectivity index (χ2v) is 5.94. The zero-order chi connectivity index (χ0) is 14.6. The summed E-state index contributed by atoms with van der Waals surface area (Å²) in [6, 6.07) is 8.93. The molecule has 0 saturated heterocycles. The molecule has 21 heavy (non-hydrogen) atoms. The maximum atomic E-state index is 13.9. The molecule has 1 N–H and O–H groups in total. The molecule has 0 amide bonds. The highest BCUT2D eigenvalue weighted by molar-refractivity contribution is 9.10. The van der Waals surface area contributed by atoms with E-state index in [1.807, 2.05) is 24.4 Å². The molecule has 0 spiro atoms. The molecule has 1 aromatic carbocycles. The standard InChI is InChI=1S/C15H8BrClFN3/c16-10-2-1-8(9-3-5-19-15(9)10)14-11(17)7-13(18)21-12(14)4-6-20-21/h1-7,19H. The Morgan fingerprint density at radius 3 is 2.95 bits per heavy atom. The van der Waals surface area contributed by atoms with Crippen LogP contribution in [0.2, 0.25) is 5.02 Å². The van der Waals surface area contributed by atoms with Gasteiger partial charge in [-0.3, -0.25) is 0 Å². The lowest BCUT2D eigenvalue weighted by molar-refractivity contribution is 0.545. The van der Waals surface area contributed by atoms with E-state index in [0.29, 0.717) is 10.5 Å². The summed E-state index contributed by atoms with van der Waals surface area (Å²) in [5, 5.41) is 5.38. The van der Waals surface area contributed by atoms with Crippen molar-refractivity contribution in [2.75, 3.05) is 0 Å². The van der Waals surface area contributed by atoms with Crippen molar-refractivity contribution in [2.45, 2.75) is 0 Å². The second-order valence-electron chi connectivity index (χ2n) is 4.68. The van der Waals surface area contributed by atoms with E-state index in [1.165, 1.54) is 10.6 Å². The number of halogens is 3. The number of hydrogen-bond donors (Lipinski definition) is 1. The first kappa shape index (κ1) is 12.9. The van der Waals surface area contributed by atoms with Gasteiger partial charge in [0.05, 0.1) is 22.3 Å². The molecule has 6 heteroatoms. The van der Waals surface area contributed by atoms with Crippen LogP contribution >= 0.6 is 27.5 Å². The second kappa shape index (κ2) is 4.58. The van der Waals surface area contributed by atoms with Gasteiger partial charge >= 0.3 is 0 Å². The number of H-pyrrole nitrogens is 1. The third-order valence-corrected chi connectivity index (χ3v) is 4.49. The van der Waals surface area contributed by atoms with Gasteiger partial charge in [-0.15, -0.1) is 0 Å². The molecule has 3 heterocycles. The monoisotopic (exact) mass is 363 g/mol. The minimum Gasteiger partial charge on any atom is -0.360 e. The first-order valence-electron chi connectivity index (χ1n) is 6.24. The summed E-state index contributed by atoms with van der Waals surface area (Å²) in [6.45, 7) is 0. The molecule has 0 aliphatic heterocycles. The van der Waals surface area contributed by atoms with Gasteiger partial charge in [-0.05, 0) is 39.7 Å². The minimum atomic E-state index is -0.480. The minimum absolute atomic E-state index is 0.366. The summed E-state index contributed by atoms with van der Waals surface area (Å²) >= 11 is 9.82. The smallest absolute Gasteiger partial charge is 0.216 e. The number of hydrogen-bond acceptors (Lipinski definition) is 1. The molecule has 3 aromatic heterocycles. The zero-order valence-corrected chi connectivity index (χ0v) is 12.9. The normalized spacial score (nSPS) is 11.6. The van der Waals surface area contributed by atoms with E-state index in [4.69, 9.17) is 11.6 Å². The van der Waals surface area contributed by atoms with Crippen molar-refractivity contribution in [1.82, 2.24) is 14.6 Å². The van der Waals surface area contributed by atoms with Crippen LogP contribution < -0.4 is 0 Å². The van der Waals surface area contributed by atoms with E-state index in [-0.39, 0.29) is 0 Å². The van der Waals surface area contributed by atoms with Crippen LogP contribution in [0.1, 0.15) is 0 Å². The van der Waals surface area contributed by atoms with Gasteiger partial charge in [-0.1, -0.05) is 17.7 Å². The Morgan fingerprint density at radius 1 is 1.24 bits per heavy atom. The molecule has 0 aliphatic carbocycles. The lowest BCUT2D eigenvalue weighted by atomic mass is 10.0. The predicted molar refractivity (Wildman–Crippen MR) is 85.2 cm³/mol. The third kappa shape index (κ3) is 1.81. The highest BCUT2D eigenvalue weighted by atomic mass is 79.9. The average molecular weight is 365 g/mol. The highest BCUT2D eigenvalue weighted by Gasteiger charge is 2.16. The fourth-order valence-corrected chi connectivity index (χ4v) is 3.38. The molecule has 0 atom stereocenters. The Balaban J connectivity index is 2.17. The number of rotatable bonds is 1.